The summed E-state index contributed by atoms with van der Waals surface area (Å²) in [5, 5.41) is 3.45. The zero-order chi connectivity index (χ0) is 12.3. The number of carbonyl (C=O) groups excluding carboxylic acids is 1. The summed E-state index contributed by atoms with van der Waals surface area (Å²) in [5.41, 5.74) is 0. The Morgan fingerprint density at radius 3 is 2.65 bits per heavy atom. The molecule has 0 aromatic heterocycles. The standard InChI is InChI=1S/C13H25N3O/c1-11-10-15(2)8-5-12(11)14-9-13(17)16-6-3-4-7-16/h11-12,14H,3-10H2,1-2H3. The van der Waals surface area contributed by atoms with Crippen LogP contribution in [0.4, 0.5) is 0 Å². The molecule has 1 N–H and O–H groups in total. The number of hydrogen-bond acceptors (Lipinski definition) is 3. The topological polar surface area (TPSA) is 35.6 Å². The summed E-state index contributed by atoms with van der Waals surface area (Å²) in [6, 6.07) is 0.512. The molecular weight excluding hydrogens is 214 g/mol. The fourth-order valence-corrected chi connectivity index (χ4v) is 2.95. The van der Waals surface area contributed by atoms with E-state index in [-0.39, 0.29) is 5.91 Å². The van der Waals surface area contributed by atoms with Crippen molar-refractivity contribution in [3.8, 4) is 0 Å². The average molecular weight is 239 g/mol. The van der Waals surface area contributed by atoms with E-state index < -0.39 is 0 Å². The van der Waals surface area contributed by atoms with Gasteiger partial charge in [-0.2, -0.15) is 0 Å². The highest BCUT2D eigenvalue weighted by atomic mass is 16.2. The third kappa shape index (κ3) is 3.42. The van der Waals surface area contributed by atoms with Crippen LogP contribution in [0.3, 0.4) is 0 Å². The molecule has 2 rings (SSSR count). The maximum absolute atomic E-state index is 11.9. The van der Waals surface area contributed by atoms with Gasteiger partial charge in [-0.15, -0.1) is 0 Å². The first-order chi connectivity index (χ1) is 8.16. The second kappa shape index (κ2) is 5.83. The molecule has 2 fully saturated rings. The Morgan fingerprint density at radius 1 is 1.29 bits per heavy atom. The van der Waals surface area contributed by atoms with E-state index in [0.29, 0.717) is 18.5 Å². The molecule has 0 aromatic rings. The van der Waals surface area contributed by atoms with Gasteiger partial charge < -0.3 is 15.1 Å². The summed E-state index contributed by atoms with van der Waals surface area (Å²) in [4.78, 5) is 16.3. The van der Waals surface area contributed by atoms with Crippen molar-refractivity contribution in [2.75, 3.05) is 39.8 Å². The highest BCUT2D eigenvalue weighted by Gasteiger charge is 2.25. The van der Waals surface area contributed by atoms with Crippen LogP contribution in [0.5, 0.6) is 0 Å². The largest absolute Gasteiger partial charge is 0.342 e. The lowest BCUT2D eigenvalue weighted by molar-refractivity contribution is -0.129. The van der Waals surface area contributed by atoms with Gasteiger partial charge in [-0.3, -0.25) is 4.79 Å². The molecule has 0 aliphatic carbocycles. The van der Waals surface area contributed by atoms with Gasteiger partial charge in [-0.25, -0.2) is 0 Å². The van der Waals surface area contributed by atoms with Crippen LogP contribution < -0.4 is 5.32 Å². The van der Waals surface area contributed by atoms with Crippen LogP contribution in [-0.4, -0.2) is 61.5 Å². The zero-order valence-corrected chi connectivity index (χ0v) is 11.1. The Hall–Kier alpha value is -0.610. The van der Waals surface area contributed by atoms with Gasteiger partial charge in [0, 0.05) is 25.7 Å². The van der Waals surface area contributed by atoms with Gasteiger partial charge in [0.05, 0.1) is 6.54 Å². The zero-order valence-electron chi connectivity index (χ0n) is 11.1. The van der Waals surface area contributed by atoms with E-state index in [4.69, 9.17) is 0 Å². The Kier molecular flexibility index (Phi) is 4.40. The lowest BCUT2D eigenvalue weighted by atomic mass is 9.94. The molecule has 2 atom stereocenters. The summed E-state index contributed by atoms with van der Waals surface area (Å²) in [6.45, 7) is 6.99. The molecule has 2 aliphatic rings. The average Bonchev–Trinajstić information content (AvgIpc) is 2.81. The Bertz CT molecular complexity index is 263. The van der Waals surface area contributed by atoms with Crippen LogP contribution in [0.15, 0.2) is 0 Å². The van der Waals surface area contributed by atoms with Crippen LogP contribution in [0.2, 0.25) is 0 Å². The minimum absolute atomic E-state index is 0.286. The molecule has 2 saturated heterocycles. The Morgan fingerprint density at radius 2 is 2.00 bits per heavy atom. The molecule has 98 valence electrons. The number of nitrogens with one attached hydrogen (secondary N) is 1. The molecule has 17 heavy (non-hydrogen) atoms. The van der Waals surface area contributed by atoms with Crippen molar-refractivity contribution < 1.29 is 4.79 Å². The van der Waals surface area contributed by atoms with E-state index in [2.05, 4.69) is 24.2 Å². The number of nitrogens with zero attached hydrogens (tertiary/aromatic N) is 2. The minimum Gasteiger partial charge on any atom is -0.342 e. The number of hydrogen-bond donors (Lipinski definition) is 1. The second-order valence-electron chi connectivity index (χ2n) is 5.60. The molecule has 2 heterocycles. The minimum atomic E-state index is 0.286. The SMILES string of the molecule is CC1CN(C)CCC1NCC(=O)N1CCCC1. The summed E-state index contributed by atoms with van der Waals surface area (Å²) in [7, 11) is 2.17. The molecule has 0 bridgehead atoms. The number of likely N-dealkylation sites (tertiary alicyclic amines) is 2. The van der Waals surface area contributed by atoms with Gasteiger partial charge in [0.15, 0.2) is 0 Å². The molecule has 1 amide bonds. The van der Waals surface area contributed by atoms with Crippen LogP contribution >= 0.6 is 0 Å². The Balaban J connectivity index is 1.72. The molecule has 0 spiro atoms. The fraction of sp³-hybridized carbons (Fsp3) is 0.923. The number of rotatable bonds is 3. The van der Waals surface area contributed by atoms with E-state index in [0.717, 1.165) is 32.6 Å². The first kappa shape index (κ1) is 12.8. The summed E-state index contributed by atoms with van der Waals surface area (Å²) < 4.78 is 0. The van der Waals surface area contributed by atoms with Crippen molar-refractivity contribution in [2.45, 2.75) is 32.2 Å². The predicted octanol–water partition coefficient (Wildman–Crippen LogP) is 0.539. The first-order valence-electron chi connectivity index (χ1n) is 6.86. The van der Waals surface area contributed by atoms with E-state index in [1.807, 2.05) is 4.90 Å². The summed E-state index contributed by atoms with van der Waals surface area (Å²) in [5.74, 6) is 0.925. The molecule has 0 aromatic carbocycles. The van der Waals surface area contributed by atoms with E-state index in [9.17, 15) is 4.79 Å². The quantitative estimate of drug-likeness (QED) is 0.781. The van der Waals surface area contributed by atoms with Crippen LogP contribution in [0.1, 0.15) is 26.2 Å². The maximum Gasteiger partial charge on any atom is 0.236 e. The van der Waals surface area contributed by atoms with Crippen LogP contribution in [-0.2, 0) is 4.79 Å². The summed E-state index contributed by atoms with van der Waals surface area (Å²) >= 11 is 0. The van der Waals surface area contributed by atoms with Crippen molar-refractivity contribution in [3.63, 3.8) is 0 Å². The van der Waals surface area contributed by atoms with Crippen molar-refractivity contribution in [1.82, 2.24) is 15.1 Å². The lowest BCUT2D eigenvalue weighted by Crippen LogP contribution is -2.49. The van der Waals surface area contributed by atoms with Gasteiger partial charge in [-0.05, 0) is 38.8 Å². The highest BCUT2D eigenvalue weighted by Crippen LogP contribution is 2.15. The van der Waals surface area contributed by atoms with Crippen molar-refractivity contribution in [3.05, 3.63) is 0 Å². The molecule has 2 aliphatic heterocycles. The molecule has 4 nitrogen and oxygen atoms in total. The second-order valence-corrected chi connectivity index (χ2v) is 5.60. The van der Waals surface area contributed by atoms with Crippen molar-refractivity contribution in [1.29, 1.82) is 0 Å². The van der Waals surface area contributed by atoms with Gasteiger partial charge in [0.25, 0.3) is 0 Å². The van der Waals surface area contributed by atoms with Gasteiger partial charge in [0.1, 0.15) is 0 Å². The fourth-order valence-electron chi connectivity index (χ4n) is 2.95. The molecule has 0 saturated carbocycles. The monoisotopic (exact) mass is 239 g/mol. The third-order valence-corrected chi connectivity index (χ3v) is 4.08. The van der Waals surface area contributed by atoms with E-state index in [1.54, 1.807) is 0 Å². The smallest absolute Gasteiger partial charge is 0.236 e. The normalized spacial score (nSPS) is 30.8. The molecule has 2 unspecified atom stereocenters. The molecular formula is C13H25N3O. The molecule has 0 radical (unpaired) electrons. The van der Waals surface area contributed by atoms with E-state index >= 15 is 0 Å². The Labute approximate surface area is 104 Å². The molecule has 4 heteroatoms. The van der Waals surface area contributed by atoms with Crippen molar-refractivity contribution in [2.24, 2.45) is 5.92 Å². The van der Waals surface area contributed by atoms with Crippen LogP contribution in [0, 0.1) is 5.92 Å². The van der Waals surface area contributed by atoms with Gasteiger partial charge in [-0.1, -0.05) is 6.92 Å². The maximum atomic E-state index is 11.9. The van der Waals surface area contributed by atoms with E-state index in [1.165, 1.54) is 12.8 Å². The third-order valence-electron chi connectivity index (χ3n) is 4.08. The predicted molar refractivity (Wildman–Crippen MR) is 68.9 cm³/mol. The number of amides is 1. The first-order valence-corrected chi connectivity index (χ1v) is 6.86. The van der Waals surface area contributed by atoms with Crippen molar-refractivity contribution >= 4 is 5.91 Å². The summed E-state index contributed by atoms with van der Waals surface area (Å²) in [6.07, 6.45) is 3.51. The highest BCUT2D eigenvalue weighted by molar-refractivity contribution is 5.78. The lowest BCUT2D eigenvalue weighted by Gasteiger charge is -2.35. The van der Waals surface area contributed by atoms with Crippen LogP contribution in [0.25, 0.3) is 0 Å². The number of piperidine rings is 1. The number of carbonyl (C=O) groups is 1. The van der Waals surface area contributed by atoms with Gasteiger partial charge >= 0.3 is 0 Å². The van der Waals surface area contributed by atoms with Gasteiger partial charge in [0.2, 0.25) is 5.91 Å².